The normalized spacial score (nSPS) is 18.3. The number of sulfone groups is 2. The van der Waals surface area contributed by atoms with E-state index in [1.807, 2.05) is 24.3 Å². The van der Waals surface area contributed by atoms with E-state index in [9.17, 15) is 21.6 Å². The molecule has 3 rings (SSSR count). The number of hydrogen-bond donors (Lipinski definition) is 1. The van der Waals surface area contributed by atoms with E-state index >= 15 is 0 Å². The predicted octanol–water partition coefficient (Wildman–Crippen LogP) is 1.63. The van der Waals surface area contributed by atoms with Crippen LogP contribution in [0.2, 0.25) is 0 Å². The fourth-order valence-corrected chi connectivity index (χ4v) is 7.57. The summed E-state index contributed by atoms with van der Waals surface area (Å²) >= 11 is 0. The van der Waals surface area contributed by atoms with Gasteiger partial charge in [-0.3, -0.25) is 4.79 Å². The quantitative estimate of drug-likeness (QED) is 0.706. The number of amides is 1. The van der Waals surface area contributed by atoms with E-state index in [1.165, 1.54) is 24.3 Å². The van der Waals surface area contributed by atoms with E-state index < -0.39 is 24.9 Å². The summed E-state index contributed by atoms with van der Waals surface area (Å²) in [5, 5.41) is 1.88. The van der Waals surface area contributed by atoms with Crippen LogP contribution in [0.4, 0.5) is 0 Å². The number of carbonyl (C=O) groups excluding carboxylic acids is 1. The average molecular weight is 438 g/mol. The van der Waals surface area contributed by atoms with Crippen LogP contribution in [0.3, 0.4) is 0 Å². The highest BCUT2D eigenvalue weighted by Crippen LogP contribution is 2.25. The second-order valence-corrected chi connectivity index (χ2v) is 11.4. The lowest BCUT2D eigenvalue weighted by Crippen LogP contribution is -2.26. The number of methoxy groups -OCH3 is 1. The lowest BCUT2D eigenvalue weighted by atomic mass is 10.1. The molecule has 156 valence electrons. The summed E-state index contributed by atoms with van der Waals surface area (Å²) in [6.07, 6.45) is 0.761. The van der Waals surface area contributed by atoms with Gasteiger partial charge < -0.3 is 10.1 Å². The molecule has 0 bridgehead atoms. The Hall–Kier alpha value is -2.39. The van der Waals surface area contributed by atoms with Crippen LogP contribution in [0, 0.1) is 0 Å². The highest BCUT2D eigenvalue weighted by Gasteiger charge is 2.37. The van der Waals surface area contributed by atoms with Gasteiger partial charge >= 0.3 is 0 Å². The number of ether oxygens (including phenoxy) is 1. The molecule has 0 saturated carbocycles. The van der Waals surface area contributed by atoms with Crippen molar-refractivity contribution < 1.29 is 26.4 Å². The second-order valence-electron chi connectivity index (χ2n) is 6.95. The minimum absolute atomic E-state index is 0.0365. The van der Waals surface area contributed by atoms with Gasteiger partial charge in [0, 0.05) is 12.1 Å². The molecule has 1 amide bonds. The molecule has 0 radical (unpaired) electrons. The van der Waals surface area contributed by atoms with Gasteiger partial charge in [0.1, 0.15) is 5.75 Å². The zero-order chi connectivity index (χ0) is 21.1. The van der Waals surface area contributed by atoms with Crippen molar-refractivity contribution in [2.45, 2.75) is 23.0 Å². The predicted molar refractivity (Wildman–Crippen MR) is 110 cm³/mol. The van der Waals surface area contributed by atoms with Crippen molar-refractivity contribution in [2.75, 3.05) is 25.2 Å². The summed E-state index contributed by atoms with van der Waals surface area (Å²) in [5.74, 6) is 0.0167. The molecule has 1 atom stereocenters. The summed E-state index contributed by atoms with van der Waals surface area (Å²) in [7, 11) is -5.43. The third-order valence-corrected chi connectivity index (χ3v) is 9.12. The summed E-state index contributed by atoms with van der Waals surface area (Å²) in [5.41, 5.74) is 1.40. The van der Waals surface area contributed by atoms with Gasteiger partial charge in [-0.1, -0.05) is 12.1 Å². The molecule has 2 aromatic carbocycles. The second kappa shape index (κ2) is 8.54. The summed E-state index contributed by atoms with van der Waals surface area (Å²) in [6, 6.07) is 13.2. The van der Waals surface area contributed by atoms with E-state index in [2.05, 4.69) is 5.32 Å². The first-order valence-corrected chi connectivity index (χ1v) is 12.5. The summed E-state index contributed by atoms with van der Waals surface area (Å²) in [4.78, 5) is 12.3. The molecule has 0 aliphatic carbocycles. The smallest absolute Gasteiger partial charge is 0.251 e. The van der Waals surface area contributed by atoms with Crippen molar-refractivity contribution in [3.8, 4) is 5.75 Å². The maximum absolute atomic E-state index is 12.6. The van der Waals surface area contributed by atoms with Gasteiger partial charge in [-0.15, -0.1) is 0 Å². The molecule has 7 nitrogen and oxygen atoms in total. The first-order chi connectivity index (χ1) is 13.7. The minimum Gasteiger partial charge on any atom is -0.497 e. The molecule has 1 saturated heterocycles. The Morgan fingerprint density at radius 3 is 2.31 bits per heavy atom. The Labute approximate surface area is 170 Å². The molecule has 1 fully saturated rings. The van der Waals surface area contributed by atoms with Crippen LogP contribution in [-0.4, -0.2) is 53.2 Å². The number of benzene rings is 2. The van der Waals surface area contributed by atoms with Crippen molar-refractivity contribution in [2.24, 2.45) is 0 Å². The molecule has 1 N–H and O–H groups in total. The van der Waals surface area contributed by atoms with E-state index in [0.29, 0.717) is 18.5 Å². The van der Waals surface area contributed by atoms with Gasteiger partial charge in [-0.05, 0) is 54.8 Å². The van der Waals surface area contributed by atoms with Crippen molar-refractivity contribution in [1.82, 2.24) is 5.32 Å². The lowest BCUT2D eigenvalue weighted by molar-refractivity contribution is 0.0954. The number of nitrogens with one attached hydrogen (secondary N) is 1. The van der Waals surface area contributed by atoms with Crippen LogP contribution in [-0.2, 0) is 26.1 Å². The number of carbonyl (C=O) groups is 1. The van der Waals surface area contributed by atoms with E-state index in [0.717, 1.165) is 11.3 Å². The van der Waals surface area contributed by atoms with Crippen LogP contribution >= 0.6 is 0 Å². The monoisotopic (exact) mass is 437 g/mol. The molecule has 0 unspecified atom stereocenters. The SMILES string of the molecule is COc1ccc(CCNC(=O)c2ccc(S(=O)(=O)[C@@H]3CCS(=O)(=O)C3)cc2)cc1. The van der Waals surface area contributed by atoms with Crippen molar-refractivity contribution in [1.29, 1.82) is 0 Å². The minimum atomic E-state index is -3.73. The van der Waals surface area contributed by atoms with Crippen molar-refractivity contribution in [3.63, 3.8) is 0 Å². The molecule has 29 heavy (non-hydrogen) atoms. The molecule has 0 spiro atoms. The molecule has 9 heteroatoms. The fraction of sp³-hybridized carbons (Fsp3) is 0.350. The van der Waals surface area contributed by atoms with Crippen LogP contribution in [0.25, 0.3) is 0 Å². The Morgan fingerprint density at radius 2 is 1.76 bits per heavy atom. The van der Waals surface area contributed by atoms with Gasteiger partial charge in [-0.2, -0.15) is 0 Å². The molecule has 0 aromatic heterocycles. The molecule has 2 aromatic rings. The maximum atomic E-state index is 12.6. The van der Waals surface area contributed by atoms with Crippen LogP contribution in [0.1, 0.15) is 22.3 Å². The Morgan fingerprint density at radius 1 is 1.10 bits per heavy atom. The average Bonchev–Trinajstić information content (AvgIpc) is 3.09. The zero-order valence-electron chi connectivity index (χ0n) is 16.0. The largest absolute Gasteiger partial charge is 0.497 e. The third-order valence-electron chi connectivity index (χ3n) is 4.93. The summed E-state index contributed by atoms with van der Waals surface area (Å²) < 4.78 is 53.5. The maximum Gasteiger partial charge on any atom is 0.251 e. The molecule has 1 heterocycles. The molecule has 1 aliphatic heterocycles. The van der Waals surface area contributed by atoms with Gasteiger partial charge in [0.2, 0.25) is 0 Å². The first-order valence-electron chi connectivity index (χ1n) is 9.17. The molecule has 1 aliphatic rings. The van der Waals surface area contributed by atoms with Crippen LogP contribution in [0.15, 0.2) is 53.4 Å². The van der Waals surface area contributed by atoms with E-state index in [1.54, 1.807) is 7.11 Å². The Bertz CT molecular complexity index is 1070. The first kappa shape index (κ1) is 21.3. The van der Waals surface area contributed by atoms with Gasteiger partial charge in [-0.25, -0.2) is 16.8 Å². The third kappa shape index (κ3) is 5.16. The van der Waals surface area contributed by atoms with Crippen molar-refractivity contribution in [3.05, 3.63) is 59.7 Å². The number of hydrogen-bond acceptors (Lipinski definition) is 6. The van der Waals surface area contributed by atoms with E-state index in [4.69, 9.17) is 4.74 Å². The van der Waals surface area contributed by atoms with Crippen LogP contribution in [0.5, 0.6) is 5.75 Å². The number of rotatable bonds is 7. The van der Waals surface area contributed by atoms with Crippen LogP contribution < -0.4 is 10.1 Å². The van der Waals surface area contributed by atoms with E-state index in [-0.39, 0.29) is 28.7 Å². The highest BCUT2D eigenvalue weighted by molar-refractivity contribution is 7.96. The molecular weight excluding hydrogens is 414 g/mol. The molecular formula is C20H23NO6S2. The van der Waals surface area contributed by atoms with Gasteiger partial charge in [0.15, 0.2) is 19.7 Å². The van der Waals surface area contributed by atoms with Gasteiger partial charge in [0.05, 0.1) is 28.8 Å². The Balaban J connectivity index is 1.58. The van der Waals surface area contributed by atoms with Gasteiger partial charge in [0.25, 0.3) is 5.91 Å². The Kier molecular flexibility index (Phi) is 6.28. The zero-order valence-corrected chi connectivity index (χ0v) is 17.6. The van der Waals surface area contributed by atoms with Crippen molar-refractivity contribution >= 4 is 25.6 Å². The lowest BCUT2D eigenvalue weighted by Gasteiger charge is -2.11. The standard InChI is InChI=1S/C20H23NO6S2/c1-27-17-6-2-15(3-7-17)10-12-21-20(22)16-4-8-18(9-5-16)29(25,26)19-11-13-28(23,24)14-19/h2-9,19H,10-14H2,1H3,(H,21,22)/t19-/m1/s1. The fourth-order valence-electron chi connectivity index (χ4n) is 3.21. The highest BCUT2D eigenvalue weighted by atomic mass is 32.2. The topological polar surface area (TPSA) is 107 Å². The summed E-state index contributed by atoms with van der Waals surface area (Å²) in [6.45, 7) is 0.436.